The Kier molecular flexibility index (Phi) is 1.45. The zero-order valence-corrected chi connectivity index (χ0v) is 6.82. The lowest BCUT2D eigenvalue weighted by Gasteiger charge is -1.97. The summed E-state index contributed by atoms with van der Waals surface area (Å²) in [6.07, 6.45) is 2.10. The average molecular weight is 164 g/mol. The SMILES string of the molecule is N#Cc1cc2c(s1)[C@@H](N)CC2. The molecular formula is C8H8N2S. The highest BCUT2D eigenvalue weighted by molar-refractivity contribution is 7.12. The number of aryl methyl sites for hydroxylation is 1. The third-order valence-electron chi connectivity index (χ3n) is 2.01. The van der Waals surface area contributed by atoms with E-state index in [1.54, 1.807) is 11.3 Å². The van der Waals surface area contributed by atoms with E-state index in [2.05, 4.69) is 6.07 Å². The van der Waals surface area contributed by atoms with Gasteiger partial charge in [0.1, 0.15) is 10.9 Å². The second kappa shape index (κ2) is 2.33. The maximum atomic E-state index is 8.60. The molecule has 1 aromatic heterocycles. The Morgan fingerprint density at radius 2 is 2.55 bits per heavy atom. The molecule has 1 atom stereocenters. The van der Waals surface area contributed by atoms with Crippen molar-refractivity contribution in [1.82, 2.24) is 0 Å². The molecule has 11 heavy (non-hydrogen) atoms. The fraction of sp³-hybridized carbons (Fsp3) is 0.375. The molecule has 56 valence electrons. The maximum absolute atomic E-state index is 8.60. The van der Waals surface area contributed by atoms with E-state index < -0.39 is 0 Å². The van der Waals surface area contributed by atoms with Crippen molar-refractivity contribution < 1.29 is 0 Å². The lowest BCUT2D eigenvalue weighted by Crippen LogP contribution is -2.03. The molecule has 0 aliphatic heterocycles. The van der Waals surface area contributed by atoms with Crippen molar-refractivity contribution in [1.29, 1.82) is 5.26 Å². The topological polar surface area (TPSA) is 49.8 Å². The number of nitrogens with zero attached hydrogens (tertiary/aromatic N) is 1. The minimum Gasteiger partial charge on any atom is -0.323 e. The van der Waals surface area contributed by atoms with Crippen LogP contribution in [0.15, 0.2) is 6.07 Å². The molecule has 0 aromatic carbocycles. The molecule has 0 radical (unpaired) electrons. The van der Waals surface area contributed by atoms with Gasteiger partial charge in [0.05, 0.1) is 0 Å². The van der Waals surface area contributed by atoms with Gasteiger partial charge in [0, 0.05) is 10.9 Å². The Hall–Kier alpha value is -0.850. The quantitative estimate of drug-likeness (QED) is 0.632. The van der Waals surface area contributed by atoms with Crippen molar-refractivity contribution in [3.05, 3.63) is 21.4 Å². The third-order valence-corrected chi connectivity index (χ3v) is 3.23. The first-order valence-corrected chi connectivity index (χ1v) is 4.41. The zero-order chi connectivity index (χ0) is 7.84. The van der Waals surface area contributed by atoms with Crippen LogP contribution in [0.5, 0.6) is 0 Å². The highest BCUT2D eigenvalue weighted by Crippen LogP contribution is 2.35. The molecule has 0 saturated carbocycles. The summed E-state index contributed by atoms with van der Waals surface area (Å²) in [5.74, 6) is 0. The Morgan fingerprint density at radius 1 is 1.73 bits per heavy atom. The number of rotatable bonds is 0. The van der Waals surface area contributed by atoms with E-state index in [0.29, 0.717) is 0 Å². The molecule has 0 fully saturated rings. The summed E-state index contributed by atoms with van der Waals surface area (Å²) >= 11 is 1.54. The number of hydrogen-bond acceptors (Lipinski definition) is 3. The standard InChI is InChI=1S/C8H8N2S/c9-4-6-3-5-1-2-7(10)8(5)11-6/h3,7H,1-2,10H2/t7-/m0/s1. The van der Waals surface area contributed by atoms with Gasteiger partial charge in [-0.25, -0.2) is 0 Å². The second-order valence-electron chi connectivity index (χ2n) is 2.76. The number of thiophene rings is 1. The van der Waals surface area contributed by atoms with Gasteiger partial charge in [0.2, 0.25) is 0 Å². The van der Waals surface area contributed by atoms with Gasteiger partial charge >= 0.3 is 0 Å². The van der Waals surface area contributed by atoms with Gasteiger partial charge in [-0.15, -0.1) is 11.3 Å². The molecule has 1 heterocycles. The van der Waals surface area contributed by atoms with Crippen LogP contribution in [0.3, 0.4) is 0 Å². The molecule has 0 saturated heterocycles. The van der Waals surface area contributed by atoms with Gasteiger partial charge in [-0.3, -0.25) is 0 Å². The predicted molar refractivity (Wildman–Crippen MR) is 44.3 cm³/mol. The van der Waals surface area contributed by atoms with Gasteiger partial charge in [-0.1, -0.05) is 0 Å². The zero-order valence-electron chi connectivity index (χ0n) is 6.00. The van der Waals surface area contributed by atoms with Gasteiger partial charge in [0.25, 0.3) is 0 Å². The van der Waals surface area contributed by atoms with Crippen LogP contribution in [0.1, 0.15) is 27.8 Å². The number of nitriles is 1. The van der Waals surface area contributed by atoms with Crippen molar-refractivity contribution in [3.63, 3.8) is 0 Å². The summed E-state index contributed by atoms with van der Waals surface area (Å²) in [6, 6.07) is 4.30. The molecule has 0 bridgehead atoms. The van der Waals surface area contributed by atoms with E-state index in [9.17, 15) is 0 Å². The molecule has 1 aromatic rings. The summed E-state index contributed by atoms with van der Waals surface area (Å²) in [7, 11) is 0. The monoisotopic (exact) mass is 164 g/mol. The summed E-state index contributed by atoms with van der Waals surface area (Å²) in [5.41, 5.74) is 7.11. The van der Waals surface area contributed by atoms with Crippen LogP contribution >= 0.6 is 11.3 Å². The predicted octanol–water partition coefficient (Wildman–Crippen LogP) is 1.57. The summed E-state index contributed by atoms with van der Waals surface area (Å²) < 4.78 is 0. The third kappa shape index (κ3) is 0.953. The molecule has 2 rings (SSSR count). The van der Waals surface area contributed by atoms with Crippen LogP contribution in [-0.4, -0.2) is 0 Å². The van der Waals surface area contributed by atoms with E-state index in [4.69, 9.17) is 11.0 Å². The van der Waals surface area contributed by atoms with Crippen molar-refractivity contribution in [2.45, 2.75) is 18.9 Å². The highest BCUT2D eigenvalue weighted by atomic mass is 32.1. The Labute approximate surface area is 69.3 Å². The molecule has 0 amide bonds. The van der Waals surface area contributed by atoms with Crippen molar-refractivity contribution in [2.75, 3.05) is 0 Å². The first kappa shape index (κ1) is 6.84. The first-order chi connectivity index (χ1) is 5.31. The highest BCUT2D eigenvalue weighted by Gasteiger charge is 2.21. The second-order valence-corrected chi connectivity index (χ2v) is 3.84. The van der Waals surface area contributed by atoms with Crippen LogP contribution < -0.4 is 5.73 Å². The molecule has 2 N–H and O–H groups in total. The normalized spacial score (nSPS) is 21.3. The van der Waals surface area contributed by atoms with Crippen molar-refractivity contribution in [3.8, 4) is 6.07 Å². The largest absolute Gasteiger partial charge is 0.323 e. The number of fused-ring (bicyclic) bond motifs is 1. The van der Waals surface area contributed by atoms with E-state index in [0.717, 1.165) is 17.7 Å². The van der Waals surface area contributed by atoms with E-state index >= 15 is 0 Å². The molecule has 0 spiro atoms. The fourth-order valence-corrected chi connectivity index (χ4v) is 2.49. The number of hydrogen-bond donors (Lipinski definition) is 1. The summed E-state index contributed by atoms with van der Waals surface area (Å²) in [4.78, 5) is 2.02. The first-order valence-electron chi connectivity index (χ1n) is 3.59. The summed E-state index contributed by atoms with van der Waals surface area (Å²) in [5, 5.41) is 8.60. The molecule has 3 heteroatoms. The average Bonchev–Trinajstić information content (AvgIpc) is 2.53. The van der Waals surface area contributed by atoms with E-state index in [1.807, 2.05) is 6.07 Å². The molecule has 0 unspecified atom stereocenters. The molecular weight excluding hydrogens is 156 g/mol. The smallest absolute Gasteiger partial charge is 0.110 e. The minimum atomic E-state index is 0.192. The van der Waals surface area contributed by atoms with Gasteiger partial charge in [-0.05, 0) is 24.5 Å². The minimum absolute atomic E-state index is 0.192. The van der Waals surface area contributed by atoms with Crippen molar-refractivity contribution >= 4 is 11.3 Å². The van der Waals surface area contributed by atoms with Crippen LogP contribution in [0.25, 0.3) is 0 Å². The Balaban J connectivity index is 2.48. The molecule has 1 aliphatic rings. The lowest BCUT2D eigenvalue weighted by molar-refractivity contribution is 0.720. The van der Waals surface area contributed by atoms with Crippen LogP contribution in [0.4, 0.5) is 0 Å². The van der Waals surface area contributed by atoms with Crippen molar-refractivity contribution in [2.24, 2.45) is 5.73 Å². The van der Waals surface area contributed by atoms with Gasteiger partial charge in [-0.2, -0.15) is 5.26 Å². The Morgan fingerprint density at radius 3 is 3.18 bits per heavy atom. The van der Waals surface area contributed by atoms with Gasteiger partial charge < -0.3 is 5.73 Å². The van der Waals surface area contributed by atoms with Gasteiger partial charge in [0.15, 0.2) is 0 Å². The van der Waals surface area contributed by atoms with Crippen LogP contribution in [-0.2, 0) is 6.42 Å². The fourth-order valence-electron chi connectivity index (χ4n) is 1.45. The Bertz CT molecular complexity index is 321. The maximum Gasteiger partial charge on any atom is 0.110 e. The lowest BCUT2D eigenvalue weighted by atomic mass is 10.2. The molecule has 2 nitrogen and oxygen atoms in total. The molecule has 1 aliphatic carbocycles. The number of nitrogens with two attached hydrogens (primary N) is 1. The van der Waals surface area contributed by atoms with Crippen LogP contribution in [0, 0.1) is 11.3 Å². The van der Waals surface area contributed by atoms with E-state index in [-0.39, 0.29) is 6.04 Å². The summed E-state index contributed by atoms with van der Waals surface area (Å²) in [6.45, 7) is 0. The van der Waals surface area contributed by atoms with Crippen LogP contribution in [0.2, 0.25) is 0 Å². The van der Waals surface area contributed by atoms with E-state index in [1.165, 1.54) is 10.4 Å².